The maximum Gasteiger partial charge on any atom is 0.151 e. The molecule has 1 saturated carbocycles. The number of hydrogen-bond donors (Lipinski definition) is 0. The van der Waals surface area contributed by atoms with Gasteiger partial charge in [0, 0.05) is 12.3 Å². The summed E-state index contributed by atoms with van der Waals surface area (Å²) in [5.74, 6) is 0.525. The fraction of sp³-hybridized carbons (Fsp3) is 0.321. The third-order valence-electron chi connectivity index (χ3n) is 6.86. The van der Waals surface area contributed by atoms with Crippen molar-refractivity contribution in [2.75, 3.05) is 0 Å². The molecule has 0 bridgehead atoms. The quantitative estimate of drug-likeness (QED) is 0.438. The van der Waals surface area contributed by atoms with Crippen LogP contribution in [-0.4, -0.2) is 13.9 Å². The number of Topliss-reactive ketones (excluding diaryl/α,β-unsaturated/α-hetero) is 1. The van der Waals surface area contributed by atoms with Crippen LogP contribution in [0.3, 0.4) is 0 Å². The minimum absolute atomic E-state index is 0.0568. The zero-order chi connectivity index (χ0) is 21.2. The Hall–Kier alpha value is -2.45. The number of rotatable bonds is 4. The average Bonchev–Trinajstić information content (AvgIpc) is 2.76. The van der Waals surface area contributed by atoms with Gasteiger partial charge in [0.15, 0.2) is 8.07 Å². The lowest BCUT2D eigenvalue weighted by atomic mass is 9.71. The molecule has 0 aliphatic heterocycles. The van der Waals surface area contributed by atoms with Crippen LogP contribution in [-0.2, 0) is 4.79 Å². The van der Waals surface area contributed by atoms with E-state index in [1.165, 1.54) is 15.6 Å². The van der Waals surface area contributed by atoms with Crippen molar-refractivity contribution >= 4 is 29.4 Å². The van der Waals surface area contributed by atoms with E-state index in [1.54, 1.807) is 0 Å². The molecule has 154 valence electrons. The highest BCUT2D eigenvalue weighted by Crippen LogP contribution is 2.47. The van der Waals surface area contributed by atoms with Crippen LogP contribution in [0.25, 0.3) is 0 Å². The third-order valence-corrected chi connectivity index (χ3v) is 12.3. The smallest absolute Gasteiger partial charge is 0.151 e. The number of carbonyl (C=O) groups is 1. The molecule has 0 spiro atoms. The van der Waals surface area contributed by atoms with E-state index in [0.29, 0.717) is 11.3 Å². The second kappa shape index (κ2) is 8.35. The molecule has 1 aliphatic rings. The largest absolute Gasteiger partial charge is 0.299 e. The summed E-state index contributed by atoms with van der Waals surface area (Å²) >= 11 is 0. The molecule has 0 N–H and O–H groups in total. The van der Waals surface area contributed by atoms with Gasteiger partial charge < -0.3 is 0 Å². The SMILES string of the molecule is CC(C)(C)[C@H]1C(=O)CCC[C@@H]1[Si](c1ccccc1)(c1ccccc1)c1ccccc1. The lowest BCUT2D eigenvalue weighted by Crippen LogP contribution is -2.72. The maximum absolute atomic E-state index is 13.4. The van der Waals surface area contributed by atoms with E-state index in [2.05, 4.69) is 112 Å². The first kappa shape index (κ1) is 20.8. The first-order valence-electron chi connectivity index (χ1n) is 11.1. The van der Waals surface area contributed by atoms with E-state index < -0.39 is 8.07 Å². The minimum atomic E-state index is -2.46. The van der Waals surface area contributed by atoms with E-state index in [-0.39, 0.29) is 11.3 Å². The van der Waals surface area contributed by atoms with Gasteiger partial charge >= 0.3 is 0 Å². The third kappa shape index (κ3) is 3.58. The summed E-state index contributed by atoms with van der Waals surface area (Å²) in [6.45, 7) is 6.77. The van der Waals surface area contributed by atoms with Gasteiger partial charge in [-0.15, -0.1) is 0 Å². The van der Waals surface area contributed by atoms with Gasteiger partial charge in [-0.05, 0) is 32.9 Å². The van der Waals surface area contributed by atoms with Gasteiger partial charge in [0.1, 0.15) is 5.78 Å². The minimum Gasteiger partial charge on any atom is -0.299 e. The molecule has 4 rings (SSSR count). The second-order valence-corrected chi connectivity index (χ2v) is 13.8. The molecule has 0 heterocycles. The molecule has 30 heavy (non-hydrogen) atoms. The Labute approximate surface area is 182 Å². The van der Waals surface area contributed by atoms with E-state index in [4.69, 9.17) is 0 Å². The van der Waals surface area contributed by atoms with Crippen LogP contribution in [0.15, 0.2) is 91.0 Å². The zero-order valence-corrected chi connectivity index (χ0v) is 19.3. The number of carbonyl (C=O) groups excluding carboxylic acids is 1. The van der Waals surface area contributed by atoms with Crippen molar-refractivity contribution in [1.82, 2.24) is 0 Å². The van der Waals surface area contributed by atoms with Gasteiger partial charge in [-0.3, -0.25) is 4.79 Å². The van der Waals surface area contributed by atoms with Gasteiger partial charge in [-0.2, -0.15) is 0 Å². The van der Waals surface area contributed by atoms with Gasteiger partial charge in [0.25, 0.3) is 0 Å². The highest BCUT2D eigenvalue weighted by Gasteiger charge is 2.54. The lowest BCUT2D eigenvalue weighted by Gasteiger charge is -2.49. The first-order valence-corrected chi connectivity index (χ1v) is 13.2. The van der Waals surface area contributed by atoms with Crippen molar-refractivity contribution in [3.8, 4) is 0 Å². The molecule has 2 atom stereocenters. The molecule has 0 unspecified atom stereocenters. The normalized spacial score (nSPS) is 20.2. The standard InChI is InChI=1S/C28H32OSi/c1-28(2,3)27-25(29)20-13-21-26(27)30(22-14-7-4-8-15-22,23-16-9-5-10-17-23)24-18-11-6-12-19-24/h4-12,14-19,26-27H,13,20-21H2,1-3H3/t26-,27-/m0/s1. The van der Waals surface area contributed by atoms with Gasteiger partial charge in [0.2, 0.25) is 0 Å². The highest BCUT2D eigenvalue weighted by molar-refractivity contribution is 7.12. The van der Waals surface area contributed by atoms with Crippen LogP contribution in [0.5, 0.6) is 0 Å². The average molecular weight is 413 g/mol. The molecule has 1 nitrogen and oxygen atoms in total. The summed E-state index contributed by atoms with van der Waals surface area (Å²) in [5.41, 5.74) is 0.282. The summed E-state index contributed by atoms with van der Waals surface area (Å²) in [6, 6.07) is 33.2. The van der Waals surface area contributed by atoms with Crippen molar-refractivity contribution in [2.45, 2.75) is 45.6 Å². The van der Waals surface area contributed by atoms with Crippen molar-refractivity contribution in [3.05, 3.63) is 91.0 Å². The fourth-order valence-electron chi connectivity index (χ4n) is 5.84. The molecule has 0 radical (unpaired) electrons. The fourth-order valence-corrected chi connectivity index (χ4v) is 12.1. The Balaban J connectivity index is 2.08. The van der Waals surface area contributed by atoms with E-state index in [1.807, 2.05) is 0 Å². The Morgan fingerprint density at radius 1 is 0.700 bits per heavy atom. The molecular weight excluding hydrogens is 380 g/mol. The summed E-state index contributed by atoms with van der Waals surface area (Å²) in [7, 11) is -2.46. The van der Waals surface area contributed by atoms with Crippen molar-refractivity contribution in [1.29, 1.82) is 0 Å². The van der Waals surface area contributed by atoms with Crippen LogP contribution in [0, 0.1) is 11.3 Å². The Morgan fingerprint density at radius 2 is 1.10 bits per heavy atom. The molecule has 1 fully saturated rings. The van der Waals surface area contributed by atoms with Crippen LogP contribution in [0.2, 0.25) is 5.54 Å². The van der Waals surface area contributed by atoms with Gasteiger partial charge in [-0.1, -0.05) is 118 Å². The number of benzene rings is 3. The van der Waals surface area contributed by atoms with Crippen molar-refractivity contribution in [2.24, 2.45) is 11.3 Å². The molecule has 0 aromatic heterocycles. The molecular formula is C28H32OSi. The van der Waals surface area contributed by atoms with E-state index >= 15 is 0 Å². The van der Waals surface area contributed by atoms with Crippen LogP contribution in [0.1, 0.15) is 40.0 Å². The summed E-state index contributed by atoms with van der Waals surface area (Å²) in [6.07, 6.45) is 2.83. The molecule has 3 aromatic rings. The Bertz CT molecular complexity index is 877. The first-order chi connectivity index (χ1) is 14.5. The van der Waals surface area contributed by atoms with Gasteiger partial charge in [0.05, 0.1) is 0 Å². The summed E-state index contributed by atoms with van der Waals surface area (Å²) < 4.78 is 0. The number of ketones is 1. The highest BCUT2D eigenvalue weighted by atomic mass is 28.3. The Kier molecular flexibility index (Phi) is 5.79. The molecule has 1 aliphatic carbocycles. The lowest BCUT2D eigenvalue weighted by molar-refractivity contribution is -0.128. The van der Waals surface area contributed by atoms with Crippen LogP contribution >= 0.6 is 0 Å². The number of hydrogen-bond acceptors (Lipinski definition) is 1. The molecule has 3 aromatic carbocycles. The van der Waals surface area contributed by atoms with Crippen molar-refractivity contribution in [3.63, 3.8) is 0 Å². The topological polar surface area (TPSA) is 17.1 Å². The molecule has 0 amide bonds. The summed E-state index contributed by atoms with van der Waals surface area (Å²) in [4.78, 5) is 13.4. The van der Waals surface area contributed by atoms with Crippen LogP contribution < -0.4 is 15.6 Å². The van der Waals surface area contributed by atoms with Crippen LogP contribution in [0.4, 0.5) is 0 Å². The molecule has 0 saturated heterocycles. The van der Waals surface area contributed by atoms with Crippen molar-refractivity contribution < 1.29 is 4.79 Å². The maximum atomic E-state index is 13.4. The Morgan fingerprint density at radius 3 is 1.47 bits per heavy atom. The molecule has 2 heteroatoms. The predicted molar refractivity (Wildman–Crippen MR) is 130 cm³/mol. The zero-order valence-electron chi connectivity index (χ0n) is 18.3. The van der Waals surface area contributed by atoms with E-state index in [0.717, 1.165) is 19.3 Å². The monoisotopic (exact) mass is 412 g/mol. The van der Waals surface area contributed by atoms with E-state index in [9.17, 15) is 4.79 Å². The summed E-state index contributed by atoms with van der Waals surface area (Å²) in [5, 5.41) is 4.24. The predicted octanol–water partition coefficient (Wildman–Crippen LogP) is 4.94. The van der Waals surface area contributed by atoms with Gasteiger partial charge in [-0.25, -0.2) is 0 Å². The second-order valence-electron chi connectivity index (χ2n) is 9.71.